The van der Waals surface area contributed by atoms with E-state index in [1.54, 1.807) is 18.1 Å². The summed E-state index contributed by atoms with van der Waals surface area (Å²) in [7, 11) is 3.56. The van der Waals surface area contributed by atoms with E-state index in [0.717, 1.165) is 43.2 Å². The molecule has 0 N–H and O–H groups in total. The molecule has 1 aliphatic carbocycles. The first kappa shape index (κ1) is 16.2. The van der Waals surface area contributed by atoms with Gasteiger partial charge in [0.05, 0.1) is 12.2 Å². The number of anilines is 1. The van der Waals surface area contributed by atoms with Crippen molar-refractivity contribution in [2.45, 2.75) is 31.2 Å². The lowest BCUT2D eigenvalue weighted by Gasteiger charge is -2.44. The topological polar surface area (TPSA) is 97.3 Å². The minimum absolute atomic E-state index is 0.109. The molecule has 0 atom stereocenters. The lowest BCUT2D eigenvalue weighted by molar-refractivity contribution is 0.0699. The van der Waals surface area contributed by atoms with Gasteiger partial charge in [0, 0.05) is 33.1 Å². The van der Waals surface area contributed by atoms with Crippen molar-refractivity contribution in [3.05, 3.63) is 29.8 Å². The molecule has 0 aromatic carbocycles. The lowest BCUT2D eigenvalue weighted by Crippen LogP contribution is -2.60. The number of hydrogen-bond donors (Lipinski definition) is 0. The molecule has 0 radical (unpaired) electrons. The highest BCUT2D eigenvalue weighted by molar-refractivity contribution is 5.92. The number of fused-ring (bicyclic) bond motifs is 1. The van der Waals surface area contributed by atoms with Crippen LogP contribution in [0.5, 0.6) is 0 Å². The fourth-order valence-corrected chi connectivity index (χ4v) is 3.56. The van der Waals surface area contributed by atoms with Gasteiger partial charge in [0.1, 0.15) is 5.82 Å². The molecule has 1 aliphatic heterocycles. The number of aryl methyl sites for hydroxylation is 1. The molecule has 0 unspecified atom stereocenters. The van der Waals surface area contributed by atoms with Crippen LogP contribution < -0.4 is 4.90 Å². The minimum atomic E-state index is -0.109. The zero-order chi connectivity index (χ0) is 18.5. The summed E-state index contributed by atoms with van der Waals surface area (Å²) in [5, 5.41) is 21.0. The van der Waals surface area contributed by atoms with Crippen LogP contribution in [0.3, 0.4) is 0 Å². The molecule has 3 aromatic rings. The summed E-state index contributed by atoms with van der Waals surface area (Å²) in [5.74, 6) is 2.22. The van der Waals surface area contributed by atoms with Crippen LogP contribution in [0.2, 0.25) is 0 Å². The zero-order valence-corrected chi connectivity index (χ0v) is 15.4. The van der Waals surface area contributed by atoms with E-state index in [0.29, 0.717) is 11.6 Å². The van der Waals surface area contributed by atoms with E-state index < -0.39 is 0 Å². The maximum absolute atomic E-state index is 12.5. The average Bonchev–Trinajstić information content (AvgIpc) is 3.18. The first-order valence-electron chi connectivity index (χ1n) is 9.21. The van der Waals surface area contributed by atoms with Gasteiger partial charge in [-0.1, -0.05) is 11.6 Å². The van der Waals surface area contributed by atoms with Crippen molar-refractivity contribution < 1.29 is 4.79 Å². The molecule has 10 nitrogen and oxygen atoms in total. The quantitative estimate of drug-likeness (QED) is 0.661. The molecule has 1 saturated carbocycles. The molecule has 5 rings (SSSR count). The van der Waals surface area contributed by atoms with Crippen LogP contribution in [0.1, 0.15) is 41.5 Å². The van der Waals surface area contributed by atoms with E-state index in [9.17, 15) is 4.79 Å². The van der Waals surface area contributed by atoms with Crippen LogP contribution >= 0.6 is 0 Å². The van der Waals surface area contributed by atoms with Crippen LogP contribution in [-0.2, 0) is 7.05 Å². The number of nitrogens with zero attached hydrogens (tertiary/aromatic N) is 9. The molecule has 1 saturated heterocycles. The van der Waals surface area contributed by atoms with Gasteiger partial charge in [0.25, 0.3) is 5.91 Å². The first-order valence-corrected chi connectivity index (χ1v) is 9.21. The van der Waals surface area contributed by atoms with Crippen molar-refractivity contribution in [3.63, 3.8) is 0 Å². The number of likely N-dealkylation sites (N-methyl/N-ethyl adjacent to an activating group) is 1. The Balaban J connectivity index is 1.29. The van der Waals surface area contributed by atoms with Crippen molar-refractivity contribution in [1.29, 1.82) is 0 Å². The molecule has 3 aromatic heterocycles. The van der Waals surface area contributed by atoms with Gasteiger partial charge in [-0.3, -0.25) is 9.48 Å². The summed E-state index contributed by atoms with van der Waals surface area (Å²) >= 11 is 0. The Morgan fingerprint density at radius 3 is 2.67 bits per heavy atom. The predicted molar refractivity (Wildman–Crippen MR) is 96.5 cm³/mol. The fourth-order valence-electron chi connectivity index (χ4n) is 3.56. The standard InChI is InChI=1S/C17H21N9O/c1-23-10-13(18-22-23)17(27)24(2)12-8-25(9-12)15-7-6-14-19-20-16(26(14)21-15)11-4-3-5-11/h6-7,10-12H,3-5,8-9H2,1-2H3. The molecule has 0 spiro atoms. The fraction of sp³-hybridized carbons (Fsp3) is 0.529. The predicted octanol–water partition coefficient (Wildman–Crippen LogP) is 0.481. The third-order valence-electron chi connectivity index (χ3n) is 5.62. The molecule has 2 aliphatic rings. The molecule has 2 fully saturated rings. The molecule has 140 valence electrons. The van der Waals surface area contributed by atoms with E-state index in [1.807, 2.05) is 23.7 Å². The largest absolute Gasteiger partial charge is 0.351 e. The summed E-state index contributed by atoms with van der Waals surface area (Å²) in [6.07, 6.45) is 5.21. The zero-order valence-electron chi connectivity index (χ0n) is 15.4. The lowest BCUT2D eigenvalue weighted by atomic mass is 9.85. The Bertz CT molecular complexity index is 999. The van der Waals surface area contributed by atoms with Gasteiger partial charge in [0.15, 0.2) is 17.2 Å². The van der Waals surface area contributed by atoms with Gasteiger partial charge in [-0.2, -0.15) is 4.52 Å². The maximum Gasteiger partial charge on any atom is 0.276 e. The van der Waals surface area contributed by atoms with Crippen molar-refractivity contribution in [2.75, 3.05) is 25.0 Å². The molecule has 10 heteroatoms. The Labute approximate surface area is 155 Å². The second-order valence-electron chi connectivity index (χ2n) is 7.40. The Kier molecular flexibility index (Phi) is 3.59. The minimum Gasteiger partial charge on any atom is -0.351 e. The Morgan fingerprint density at radius 2 is 2.00 bits per heavy atom. The van der Waals surface area contributed by atoms with Crippen molar-refractivity contribution in [1.82, 2.24) is 39.7 Å². The van der Waals surface area contributed by atoms with E-state index >= 15 is 0 Å². The third-order valence-corrected chi connectivity index (χ3v) is 5.62. The van der Waals surface area contributed by atoms with Crippen molar-refractivity contribution in [3.8, 4) is 0 Å². The van der Waals surface area contributed by atoms with E-state index in [4.69, 9.17) is 5.10 Å². The number of rotatable bonds is 4. The summed E-state index contributed by atoms with van der Waals surface area (Å²) < 4.78 is 3.41. The summed E-state index contributed by atoms with van der Waals surface area (Å²) in [6.45, 7) is 1.48. The van der Waals surface area contributed by atoms with Crippen LogP contribution in [0.15, 0.2) is 18.3 Å². The first-order chi connectivity index (χ1) is 13.1. The molecule has 4 heterocycles. The van der Waals surface area contributed by atoms with E-state index in [1.165, 1.54) is 11.1 Å². The monoisotopic (exact) mass is 367 g/mol. The smallest absolute Gasteiger partial charge is 0.276 e. The highest BCUT2D eigenvalue weighted by Gasteiger charge is 2.35. The highest BCUT2D eigenvalue weighted by Crippen LogP contribution is 2.35. The Morgan fingerprint density at radius 1 is 1.19 bits per heavy atom. The van der Waals surface area contributed by atoms with Gasteiger partial charge in [0.2, 0.25) is 0 Å². The van der Waals surface area contributed by atoms with Gasteiger partial charge in [-0.05, 0) is 25.0 Å². The second-order valence-corrected chi connectivity index (χ2v) is 7.40. The van der Waals surface area contributed by atoms with Gasteiger partial charge in [-0.25, -0.2) is 0 Å². The van der Waals surface area contributed by atoms with Crippen molar-refractivity contribution >= 4 is 17.4 Å². The molecule has 1 amide bonds. The molecule has 27 heavy (non-hydrogen) atoms. The number of aromatic nitrogens is 7. The van der Waals surface area contributed by atoms with E-state index in [-0.39, 0.29) is 11.9 Å². The third kappa shape index (κ3) is 2.63. The molecule has 0 bridgehead atoms. The van der Waals surface area contributed by atoms with Crippen LogP contribution in [0, 0.1) is 0 Å². The normalized spacial score (nSPS) is 17.8. The maximum atomic E-state index is 12.5. The summed E-state index contributed by atoms with van der Waals surface area (Å²) in [4.78, 5) is 16.4. The number of carbonyl (C=O) groups excluding carboxylic acids is 1. The van der Waals surface area contributed by atoms with Crippen LogP contribution in [-0.4, -0.2) is 71.8 Å². The average molecular weight is 367 g/mol. The van der Waals surface area contributed by atoms with E-state index in [2.05, 4.69) is 25.4 Å². The summed E-state index contributed by atoms with van der Waals surface area (Å²) in [5.41, 5.74) is 1.15. The van der Waals surface area contributed by atoms with Gasteiger partial charge < -0.3 is 9.80 Å². The SMILES string of the molecule is CN(C(=O)c1cn(C)nn1)C1CN(c2ccc3nnc(C4CCC4)n3n2)C1. The number of amides is 1. The van der Waals surface area contributed by atoms with Gasteiger partial charge in [-0.15, -0.1) is 20.4 Å². The highest BCUT2D eigenvalue weighted by atomic mass is 16.2. The molecular weight excluding hydrogens is 346 g/mol. The van der Waals surface area contributed by atoms with Crippen molar-refractivity contribution in [2.24, 2.45) is 7.05 Å². The number of hydrogen-bond acceptors (Lipinski definition) is 7. The van der Waals surface area contributed by atoms with Gasteiger partial charge >= 0.3 is 0 Å². The Hall–Kier alpha value is -3.04. The summed E-state index contributed by atoms with van der Waals surface area (Å²) in [6, 6.07) is 4.05. The number of carbonyl (C=O) groups is 1. The van der Waals surface area contributed by atoms with Crippen LogP contribution in [0.4, 0.5) is 5.82 Å². The van der Waals surface area contributed by atoms with Crippen LogP contribution in [0.25, 0.3) is 5.65 Å². The molecular formula is C17H21N9O. The second kappa shape index (κ2) is 6.00.